The molecular weight excluding hydrogens is 882 g/mol. The van der Waals surface area contributed by atoms with E-state index in [1.165, 1.54) is 77.0 Å². The number of hydrogen-bond acceptors (Lipinski definition) is 8. The topological polar surface area (TPSA) is 134 Å². The Kier molecular flexibility index (Phi) is 51.4. The van der Waals surface area contributed by atoms with E-state index < -0.39 is 32.5 Å². The molecule has 0 amide bonds. The van der Waals surface area contributed by atoms with Crippen LogP contribution < -0.4 is 5.73 Å². The fraction of sp³-hybridized carbons (Fsp3) is 0.661. The number of carbonyl (C=O) groups excluding carboxylic acids is 2. The van der Waals surface area contributed by atoms with Crippen LogP contribution in [0.1, 0.15) is 219 Å². The molecule has 0 saturated carbocycles. The lowest BCUT2D eigenvalue weighted by Crippen LogP contribution is -2.29. The van der Waals surface area contributed by atoms with Crippen molar-refractivity contribution in [2.75, 3.05) is 26.4 Å². The van der Waals surface area contributed by atoms with Crippen molar-refractivity contribution in [3.05, 3.63) is 109 Å². The molecule has 394 valence electrons. The van der Waals surface area contributed by atoms with Crippen molar-refractivity contribution in [3.63, 3.8) is 0 Å². The van der Waals surface area contributed by atoms with Gasteiger partial charge in [-0.25, -0.2) is 4.57 Å². The molecule has 2 unspecified atom stereocenters. The predicted molar refractivity (Wildman–Crippen MR) is 293 cm³/mol. The van der Waals surface area contributed by atoms with Gasteiger partial charge in [-0.15, -0.1) is 0 Å². The molecule has 0 aliphatic carbocycles. The molecule has 0 rings (SSSR count). The second-order valence-electron chi connectivity index (χ2n) is 17.7. The number of hydrogen-bond donors (Lipinski definition) is 2. The molecule has 9 nitrogen and oxygen atoms in total. The maximum Gasteiger partial charge on any atom is 0.472 e. The molecule has 0 saturated heterocycles. The summed E-state index contributed by atoms with van der Waals surface area (Å²) in [6.45, 7) is 3.58. The first-order valence-corrected chi connectivity index (χ1v) is 28.9. The van der Waals surface area contributed by atoms with E-state index in [1.807, 2.05) is 0 Å². The van der Waals surface area contributed by atoms with Crippen molar-refractivity contribution in [2.24, 2.45) is 5.73 Å². The van der Waals surface area contributed by atoms with Crippen molar-refractivity contribution in [3.8, 4) is 0 Å². The molecule has 10 heteroatoms. The number of phosphoric acid groups is 1. The maximum absolute atomic E-state index is 12.7. The minimum Gasteiger partial charge on any atom is -0.462 e. The largest absolute Gasteiger partial charge is 0.472 e. The van der Waals surface area contributed by atoms with Gasteiger partial charge in [0.2, 0.25) is 0 Å². The van der Waals surface area contributed by atoms with E-state index in [0.29, 0.717) is 6.42 Å². The Hall–Kier alpha value is -3.33. The zero-order chi connectivity index (χ0) is 50.2. The average molecular weight is 982 g/mol. The summed E-state index contributed by atoms with van der Waals surface area (Å²) in [6, 6.07) is 0. The number of unbranched alkanes of at least 4 members (excludes halogenated alkanes) is 19. The highest BCUT2D eigenvalue weighted by atomic mass is 31.2. The summed E-state index contributed by atoms with van der Waals surface area (Å²) in [4.78, 5) is 35.1. The minimum atomic E-state index is -4.40. The Bertz CT molecular complexity index is 1490. The van der Waals surface area contributed by atoms with Crippen LogP contribution in [-0.4, -0.2) is 49.3 Å². The van der Waals surface area contributed by atoms with E-state index in [-0.39, 0.29) is 32.6 Å². The summed E-state index contributed by atoms with van der Waals surface area (Å²) in [7, 11) is -4.40. The Morgan fingerprint density at radius 2 is 0.797 bits per heavy atom. The average Bonchev–Trinajstić information content (AvgIpc) is 3.34. The van der Waals surface area contributed by atoms with Gasteiger partial charge in [-0.05, 0) is 103 Å². The first-order chi connectivity index (χ1) is 33.8. The van der Waals surface area contributed by atoms with Gasteiger partial charge in [-0.3, -0.25) is 18.6 Å². The highest BCUT2D eigenvalue weighted by Gasteiger charge is 2.26. The molecule has 3 N–H and O–H groups in total. The van der Waals surface area contributed by atoms with Crippen molar-refractivity contribution >= 4 is 19.8 Å². The Morgan fingerprint density at radius 3 is 1.19 bits per heavy atom. The number of ether oxygens (including phenoxy) is 2. The summed E-state index contributed by atoms with van der Waals surface area (Å²) in [5.74, 6) is -0.849. The van der Waals surface area contributed by atoms with Crippen molar-refractivity contribution in [1.82, 2.24) is 0 Å². The third-order valence-corrected chi connectivity index (χ3v) is 12.1. The molecule has 0 aliphatic rings. The quantitative estimate of drug-likeness (QED) is 0.0264. The molecule has 0 spiro atoms. The van der Waals surface area contributed by atoms with Crippen molar-refractivity contribution < 1.29 is 37.6 Å². The summed E-state index contributed by atoms with van der Waals surface area (Å²) in [5.41, 5.74) is 5.37. The van der Waals surface area contributed by atoms with Crippen LogP contribution in [0, 0.1) is 0 Å². The van der Waals surface area contributed by atoms with Crippen LogP contribution in [0.25, 0.3) is 0 Å². The van der Waals surface area contributed by atoms with Gasteiger partial charge in [0.05, 0.1) is 13.2 Å². The van der Waals surface area contributed by atoms with Crippen molar-refractivity contribution in [1.29, 1.82) is 0 Å². The molecule has 0 aromatic carbocycles. The molecule has 2 atom stereocenters. The van der Waals surface area contributed by atoms with Crippen LogP contribution in [0.3, 0.4) is 0 Å². The van der Waals surface area contributed by atoms with Gasteiger partial charge in [0, 0.05) is 19.4 Å². The van der Waals surface area contributed by atoms with Crippen LogP contribution >= 0.6 is 7.82 Å². The van der Waals surface area contributed by atoms with Gasteiger partial charge in [0.15, 0.2) is 6.10 Å². The lowest BCUT2D eigenvalue weighted by atomic mass is 10.1. The third kappa shape index (κ3) is 53.9. The number of esters is 2. The highest BCUT2D eigenvalue weighted by Crippen LogP contribution is 2.43. The van der Waals surface area contributed by atoms with E-state index in [9.17, 15) is 19.0 Å². The fourth-order valence-electron chi connectivity index (χ4n) is 7.12. The first kappa shape index (κ1) is 65.7. The number of allylic oxidation sites excluding steroid dienone is 18. The first-order valence-electron chi connectivity index (χ1n) is 27.4. The van der Waals surface area contributed by atoms with E-state index in [2.05, 4.69) is 123 Å². The van der Waals surface area contributed by atoms with E-state index >= 15 is 0 Å². The lowest BCUT2D eigenvalue weighted by molar-refractivity contribution is -0.161. The molecule has 0 aromatic heterocycles. The summed E-state index contributed by atoms with van der Waals surface area (Å²) < 4.78 is 33.0. The van der Waals surface area contributed by atoms with E-state index in [1.54, 1.807) is 0 Å². The zero-order valence-corrected chi connectivity index (χ0v) is 44.6. The molecule has 0 bridgehead atoms. The normalized spacial score (nSPS) is 14.0. The Morgan fingerprint density at radius 1 is 0.449 bits per heavy atom. The Balaban J connectivity index is 4.05. The summed E-state index contributed by atoms with van der Waals surface area (Å²) in [5, 5.41) is 0. The van der Waals surface area contributed by atoms with Crippen LogP contribution in [0.5, 0.6) is 0 Å². The number of phosphoric ester groups is 1. The monoisotopic (exact) mass is 982 g/mol. The van der Waals surface area contributed by atoms with Crippen molar-refractivity contribution in [2.45, 2.75) is 225 Å². The van der Waals surface area contributed by atoms with Gasteiger partial charge in [-0.2, -0.15) is 0 Å². The van der Waals surface area contributed by atoms with E-state index in [4.69, 9.17) is 24.3 Å². The van der Waals surface area contributed by atoms with Gasteiger partial charge in [-0.1, -0.05) is 213 Å². The highest BCUT2D eigenvalue weighted by molar-refractivity contribution is 7.47. The lowest BCUT2D eigenvalue weighted by Gasteiger charge is -2.19. The standard InChI is InChI=1S/C59H100NO8P/c1-3-5-7-9-11-13-15-17-19-21-22-23-24-25-26-27-28-29-30-31-32-33-34-36-38-40-42-44-46-48-50-52-59(62)68-57(56-67-69(63,64)66-54-53-60)55-65-58(61)51-49-47-45-43-41-39-37-35-20-18-16-14-12-10-8-6-4-2/h5,7,11-14,17-20,22-23,25-26,28-29,31-32,57H,3-4,6,8-10,15-16,21,24,27,30,33-56,60H2,1-2H3,(H,63,64)/b7-5-,13-11-,14-12-,19-17-,20-18-,23-22-,26-25-,29-28-,32-31-. The molecule has 0 radical (unpaired) electrons. The van der Waals surface area contributed by atoms with Gasteiger partial charge < -0.3 is 20.1 Å². The molecule has 0 heterocycles. The molecule has 69 heavy (non-hydrogen) atoms. The van der Waals surface area contributed by atoms with Gasteiger partial charge >= 0.3 is 19.8 Å². The maximum atomic E-state index is 12.7. The zero-order valence-electron chi connectivity index (χ0n) is 43.8. The molecule has 0 aliphatic heterocycles. The minimum absolute atomic E-state index is 0.0459. The number of carbonyl (C=O) groups is 2. The second-order valence-corrected chi connectivity index (χ2v) is 19.2. The predicted octanol–water partition coefficient (Wildman–Crippen LogP) is 17.1. The smallest absolute Gasteiger partial charge is 0.462 e. The second kappa shape index (κ2) is 54.0. The third-order valence-electron chi connectivity index (χ3n) is 11.1. The van der Waals surface area contributed by atoms with Crippen LogP contribution in [0.2, 0.25) is 0 Å². The molecular formula is C59H100NO8P. The van der Waals surface area contributed by atoms with Gasteiger partial charge in [0.25, 0.3) is 0 Å². The Labute approximate surface area is 422 Å². The van der Waals surface area contributed by atoms with Crippen LogP contribution in [-0.2, 0) is 32.7 Å². The van der Waals surface area contributed by atoms with Gasteiger partial charge in [0.1, 0.15) is 6.61 Å². The SMILES string of the molecule is CC/C=C\C/C=C\C/C=C\C/C=C\C/C=C\C/C=C\C/C=C\CCCCCCCCCCCC(=O)OC(COC(=O)CCCCCCCCC/C=C\C/C=C\CCCCC)COP(=O)(O)OCCN. The van der Waals surface area contributed by atoms with Crippen LogP contribution in [0.15, 0.2) is 109 Å². The fourth-order valence-corrected chi connectivity index (χ4v) is 7.88. The molecule has 0 aromatic rings. The van der Waals surface area contributed by atoms with E-state index in [0.717, 1.165) is 109 Å². The molecule has 0 fully saturated rings. The summed E-state index contributed by atoms with van der Waals surface area (Å²) in [6.07, 6.45) is 72.7. The van der Waals surface area contributed by atoms with Crippen LogP contribution in [0.4, 0.5) is 0 Å². The number of nitrogens with two attached hydrogens (primary N) is 1. The number of rotatable bonds is 50. The summed E-state index contributed by atoms with van der Waals surface area (Å²) >= 11 is 0.